The molecule has 36 heavy (non-hydrogen) atoms. The summed E-state index contributed by atoms with van der Waals surface area (Å²) in [5.41, 5.74) is 1.46. The predicted octanol–water partition coefficient (Wildman–Crippen LogP) is 4.86. The lowest BCUT2D eigenvalue weighted by Gasteiger charge is -2.40. The summed E-state index contributed by atoms with van der Waals surface area (Å²) in [7, 11) is 0.147. The smallest absolute Gasteiger partial charge is 0.341 e. The van der Waals surface area contributed by atoms with Crippen molar-refractivity contribution >= 4 is 21.5 Å². The Labute approximate surface area is 215 Å². The highest BCUT2D eigenvalue weighted by Gasteiger charge is 2.49. The third-order valence-electron chi connectivity index (χ3n) is 7.26. The van der Waals surface area contributed by atoms with Gasteiger partial charge >= 0.3 is 5.97 Å². The molecule has 0 spiro atoms. The Morgan fingerprint density at radius 3 is 2.19 bits per heavy atom. The molecule has 198 valence electrons. The number of hydrogen-bond donors (Lipinski definition) is 2. The number of unbranched alkanes of at least 4 members (excludes halogenated alkanes) is 2. The fraction of sp³-hybridized carbons (Fsp3) is 0.536. The molecule has 1 aliphatic rings. The molecule has 0 radical (unpaired) electrons. The first-order valence-electron chi connectivity index (χ1n) is 12.7. The quantitative estimate of drug-likeness (QED) is 0.438. The highest BCUT2D eigenvalue weighted by atomic mass is 32.2. The number of aliphatic carboxylic acids is 1. The van der Waals surface area contributed by atoms with Gasteiger partial charge in [-0.05, 0) is 54.3 Å². The van der Waals surface area contributed by atoms with Crippen LogP contribution in [0.15, 0.2) is 47.4 Å². The summed E-state index contributed by atoms with van der Waals surface area (Å²) in [6.45, 7) is 3.71. The first-order chi connectivity index (χ1) is 17.0. The van der Waals surface area contributed by atoms with Crippen molar-refractivity contribution < 1.29 is 28.2 Å². The number of hydrogen-bond acceptors (Lipinski definition) is 6. The molecule has 8 heteroatoms. The molecule has 0 saturated heterocycles. The van der Waals surface area contributed by atoms with Crippen molar-refractivity contribution in [2.75, 3.05) is 31.4 Å². The molecule has 0 aromatic heterocycles. The molecule has 0 aliphatic carbocycles. The van der Waals surface area contributed by atoms with Gasteiger partial charge in [0.15, 0.2) is 16.4 Å². The molecule has 0 saturated carbocycles. The van der Waals surface area contributed by atoms with Crippen LogP contribution in [0.4, 0.5) is 5.69 Å². The van der Waals surface area contributed by atoms with E-state index in [2.05, 4.69) is 13.8 Å². The van der Waals surface area contributed by atoms with Crippen LogP contribution in [0.5, 0.6) is 5.75 Å². The van der Waals surface area contributed by atoms with Gasteiger partial charge in [-0.3, -0.25) is 0 Å². The summed E-state index contributed by atoms with van der Waals surface area (Å²) in [4.78, 5) is 13.1. The zero-order valence-corrected chi connectivity index (χ0v) is 22.6. The number of anilines is 1. The van der Waals surface area contributed by atoms with Gasteiger partial charge < -0.3 is 19.8 Å². The van der Waals surface area contributed by atoms with E-state index in [9.17, 15) is 18.3 Å². The van der Waals surface area contributed by atoms with Gasteiger partial charge in [0.05, 0.1) is 16.8 Å². The zero-order valence-electron chi connectivity index (χ0n) is 21.7. The average Bonchev–Trinajstić information content (AvgIpc) is 2.91. The van der Waals surface area contributed by atoms with E-state index in [1.165, 1.54) is 0 Å². The summed E-state index contributed by atoms with van der Waals surface area (Å²) in [6, 6.07) is 12.3. The summed E-state index contributed by atoms with van der Waals surface area (Å²) < 4.78 is 33.0. The van der Waals surface area contributed by atoms with Gasteiger partial charge in [0, 0.05) is 31.1 Å². The van der Waals surface area contributed by atoms with E-state index in [4.69, 9.17) is 9.84 Å². The normalized spacial score (nSPS) is 20.2. The van der Waals surface area contributed by atoms with Gasteiger partial charge in [-0.2, -0.15) is 0 Å². The Kier molecular flexibility index (Phi) is 9.06. The highest BCUT2D eigenvalue weighted by Crippen LogP contribution is 2.50. The van der Waals surface area contributed by atoms with Gasteiger partial charge in [0.2, 0.25) is 0 Å². The van der Waals surface area contributed by atoms with Crippen LogP contribution >= 0.6 is 0 Å². The van der Waals surface area contributed by atoms with E-state index in [0.717, 1.165) is 36.9 Å². The van der Waals surface area contributed by atoms with Crippen LogP contribution in [0, 0.1) is 5.41 Å². The number of carboxylic acids is 1. The number of aliphatic hydroxyl groups excluding tert-OH is 1. The Hall–Kier alpha value is -2.58. The topological polar surface area (TPSA) is 104 Å². The van der Waals surface area contributed by atoms with E-state index in [1.54, 1.807) is 30.3 Å². The summed E-state index contributed by atoms with van der Waals surface area (Å²) in [5.74, 6) is -1.29. The van der Waals surface area contributed by atoms with Crippen molar-refractivity contribution in [1.29, 1.82) is 0 Å². The van der Waals surface area contributed by atoms with Crippen molar-refractivity contribution in [3.8, 4) is 5.75 Å². The minimum Gasteiger partial charge on any atom is -0.482 e. The minimum atomic E-state index is -3.66. The number of benzene rings is 2. The number of aliphatic hydroxyl groups is 1. The number of fused-ring (bicyclic) bond motifs is 1. The Balaban J connectivity index is 2.21. The van der Waals surface area contributed by atoms with Gasteiger partial charge in [-0.25, -0.2) is 13.2 Å². The standard InChI is InChI=1S/C28H39NO6S/c1-5-7-15-28(16-8-6-2)19-36(33,34)24-14-11-21(29(3)4)17-23(24)26(27(28)32)20-9-12-22(13-10-20)35-18-25(30)31/h9-14,17,26-27,32H,5-8,15-16,18-19H2,1-4H3,(H,30,31)/t26-,27?/m1/s1. The minimum absolute atomic E-state index is 0.0776. The van der Waals surface area contributed by atoms with Crippen molar-refractivity contribution in [3.63, 3.8) is 0 Å². The SMILES string of the molecule is CCCCC1(CCCC)CS(=O)(=O)c2ccc(N(C)C)cc2[C@@H](c2ccc(OCC(=O)O)cc2)C1O. The molecule has 1 unspecified atom stereocenters. The predicted molar refractivity (Wildman–Crippen MR) is 142 cm³/mol. The number of carboxylic acid groups (broad SMARTS) is 1. The van der Waals surface area contributed by atoms with Crippen LogP contribution in [0.3, 0.4) is 0 Å². The highest BCUT2D eigenvalue weighted by molar-refractivity contribution is 7.91. The lowest BCUT2D eigenvalue weighted by Crippen LogP contribution is -2.43. The van der Waals surface area contributed by atoms with Crippen molar-refractivity contribution in [2.24, 2.45) is 5.41 Å². The fourth-order valence-electron chi connectivity index (χ4n) is 5.31. The molecule has 0 bridgehead atoms. The molecule has 1 heterocycles. The fourth-order valence-corrected chi connectivity index (χ4v) is 7.50. The molecule has 1 aliphatic heterocycles. The first kappa shape index (κ1) is 28.0. The average molecular weight is 518 g/mol. The Morgan fingerprint density at radius 2 is 1.67 bits per heavy atom. The number of nitrogens with zero attached hydrogens (tertiary/aromatic N) is 1. The van der Waals surface area contributed by atoms with Gasteiger partial charge in [-0.15, -0.1) is 0 Å². The maximum atomic E-state index is 13.8. The molecule has 7 nitrogen and oxygen atoms in total. The van der Waals surface area contributed by atoms with Crippen LogP contribution < -0.4 is 9.64 Å². The lowest BCUT2D eigenvalue weighted by molar-refractivity contribution is -0.139. The zero-order chi connectivity index (χ0) is 26.5. The van der Waals surface area contributed by atoms with Crippen molar-refractivity contribution in [2.45, 2.75) is 69.3 Å². The lowest BCUT2D eigenvalue weighted by atomic mass is 9.68. The van der Waals surface area contributed by atoms with E-state index in [0.29, 0.717) is 24.2 Å². The number of rotatable bonds is 11. The molecular weight excluding hydrogens is 478 g/mol. The molecule has 3 rings (SSSR count). The second kappa shape index (κ2) is 11.6. The monoisotopic (exact) mass is 517 g/mol. The van der Waals surface area contributed by atoms with Gasteiger partial charge in [0.1, 0.15) is 5.75 Å². The summed E-state index contributed by atoms with van der Waals surface area (Å²) in [5, 5.41) is 21.0. The summed E-state index contributed by atoms with van der Waals surface area (Å²) in [6.07, 6.45) is 3.87. The molecule has 2 atom stereocenters. The number of sulfone groups is 1. The Bertz CT molecular complexity index is 1140. The molecule has 0 fully saturated rings. The number of carbonyl (C=O) groups is 1. The van der Waals surface area contributed by atoms with Crippen LogP contribution in [0.25, 0.3) is 0 Å². The van der Waals surface area contributed by atoms with E-state index in [1.807, 2.05) is 31.1 Å². The second-order valence-corrected chi connectivity index (χ2v) is 12.1. The maximum Gasteiger partial charge on any atom is 0.341 e. The molecule has 2 N–H and O–H groups in total. The molecule has 2 aromatic carbocycles. The largest absolute Gasteiger partial charge is 0.482 e. The maximum absolute atomic E-state index is 13.8. The third-order valence-corrected chi connectivity index (χ3v) is 9.26. The second-order valence-electron chi connectivity index (χ2n) is 10.1. The van der Waals surface area contributed by atoms with E-state index >= 15 is 0 Å². The van der Waals surface area contributed by atoms with Crippen LogP contribution in [-0.2, 0) is 14.6 Å². The van der Waals surface area contributed by atoms with Crippen molar-refractivity contribution in [1.82, 2.24) is 0 Å². The van der Waals surface area contributed by atoms with E-state index in [-0.39, 0.29) is 10.6 Å². The van der Waals surface area contributed by atoms with Gasteiger partial charge in [-0.1, -0.05) is 51.7 Å². The third kappa shape index (κ3) is 6.03. The molecule has 2 aromatic rings. The van der Waals surface area contributed by atoms with Gasteiger partial charge in [0.25, 0.3) is 0 Å². The molecular formula is C28H39NO6S. The Morgan fingerprint density at radius 1 is 1.06 bits per heavy atom. The summed E-state index contributed by atoms with van der Waals surface area (Å²) >= 11 is 0. The first-order valence-corrected chi connectivity index (χ1v) is 14.4. The van der Waals surface area contributed by atoms with Crippen LogP contribution in [-0.4, -0.2) is 57.2 Å². The van der Waals surface area contributed by atoms with Crippen LogP contribution in [0.2, 0.25) is 0 Å². The molecule has 0 amide bonds. The van der Waals surface area contributed by atoms with E-state index < -0.39 is 39.9 Å². The van der Waals surface area contributed by atoms with Crippen LogP contribution in [0.1, 0.15) is 69.4 Å². The number of ether oxygens (including phenoxy) is 1. The van der Waals surface area contributed by atoms with Crippen molar-refractivity contribution in [3.05, 3.63) is 53.6 Å².